The molecule has 0 aromatic rings. The minimum absolute atomic E-state index is 0.160. The zero-order valence-corrected chi connectivity index (χ0v) is 20.1. The van der Waals surface area contributed by atoms with Gasteiger partial charge in [-0.05, 0) is 38.0 Å². The number of alkyl halides is 8. The molecule has 4 bridgehead atoms. The molecule has 0 aromatic heterocycles. The Kier molecular flexibility index (Phi) is 6.81. The van der Waals surface area contributed by atoms with Crippen molar-refractivity contribution in [2.24, 2.45) is 23.2 Å². The number of rotatable bonds is 6. The Balaban J connectivity index is 1.43. The van der Waals surface area contributed by atoms with Gasteiger partial charge in [0.25, 0.3) is 0 Å². The molecule has 4 aliphatic carbocycles. The van der Waals surface area contributed by atoms with E-state index in [1.807, 2.05) is 0 Å². The van der Waals surface area contributed by atoms with E-state index >= 15 is 0 Å². The zero-order chi connectivity index (χ0) is 28.6. The SMILES string of the molecule is O=C(OCCOC(=O)C(F)(F)S(=O)(=O)O)C12CC3CC(C1)C1(OCC(F)(F)C(F)(F)C(F)(F)CO1)C(C3)C2. The maximum Gasteiger partial charge on any atom is 0.465 e. The zero-order valence-electron chi connectivity index (χ0n) is 19.2. The van der Waals surface area contributed by atoms with Crippen LogP contribution >= 0.6 is 0 Å². The first-order valence-corrected chi connectivity index (χ1v) is 12.8. The van der Waals surface area contributed by atoms with E-state index in [1.165, 1.54) is 0 Å². The van der Waals surface area contributed by atoms with E-state index in [0.717, 1.165) is 0 Å². The summed E-state index contributed by atoms with van der Waals surface area (Å²) in [4.78, 5) is 24.1. The van der Waals surface area contributed by atoms with Gasteiger partial charge in [0, 0.05) is 11.8 Å². The van der Waals surface area contributed by atoms with Crippen molar-refractivity contribution in [3.63, 3.8) is 0 Å². The number of carbonyl (C=O) groups excluding carboxylic acids is 2. The van der Waals surface area contributed by atoms with Crippen molar-refractivity contribution in [2.75, 3.05) is 26.4 Å². The van der Waals surface area contributed by atoms with Gasteiger partial charge in [-0.15, -0.1) is 0 Å². The smallest absolute Gasteiger partial charge is 0.462 e. The summed E-state index contributed by atoms with van der Waals surface area (Å²) < 4.78 is 159. The standard InChI is InChI=1S/C20H22F8O9S/c21-16(22)8-36-18(37-9-17(23,24)20(16,27)28)11-3-10-4-12(18)7-15(5-10,6-11)13(29)34-1-2-35-14(30)19(25,26)38(31,32)33/h10-12H,1-9H2,(H,31,32,33). The topological polar surface area (TPSA) is 125 Å². The van der Waals surface area contributed by atoms with Gasteiger partial charge in [-0.2, -0.15) is 43.5 Å². The highest BCUT2D eigenvalue weighted by molar-refractivity contribution is 7.87. The summed E-state index contributed by atoms with van der Waals surface area (Å²) in [5.41, 5.74) is -1.28. The van der Waals surface area contributed by atoms with Crippen LogP contribution in [-0.4, -0.2) is 80.1 Å². The first kappa shape index (κ1) is 29.2. The van der Waals surface area contributed by atoms with E-state index < -0.39 is 94.5 Å². The highest BCUT2D eigenvalue weighted by Gasteiger charge is 2.75. The number of hydrogen-bond acceptors (Lipinski definition) is 8. The Labute approximate surface area is 209 Å². The van der Waals surface area contributed by atoms with E-state index in [1.54, 1.807) is 0 Å². The van der Waals surface area contributed by atoms with Gasteiger partial charge in [-0.25, -0.2) is 4.79 Å². The predicted octanol–water partition coefficient (Wildman–Crippen LogP) is 3.03. The summed E-state index contributed by atoms with van der Waals surface area (Å²) in [5, 5.41) is -5.25. The molecule has 1 aliphatic heterocycles. The van der Waals surface area contributed by atoms with Gasteiger partial charge in [-0.1, -0.05) is 0 Å². The van der Waals surface area contributed by atoms with Crippen LogP contribution in [0.5, 0.6) is 0 Å². The average Bonchev–Trinajstić information content (AvgIpc) is 2.79. The van der Waals surface area contributed by atoms with Gasteiger partial charge < -0.3 is 18.9 Å². The van der Waals surface area contributed by atoms with Crippen LogP contribution in [0.2, 0.25) is 0 Å². The van der Waals surface area contributed by atoms with Gasteiger partial charge in [0.1, 0.15) is 26.4 Å². The van der Waals surface area contributed by atoms with E-state index in [4.69, 9.17) is 18.8 Å². The van der Waals surface area contributed by atoms with Crippen LogP contribution in [0.15, 0.2) is 0 Å². The third-order valence-electron chi connectivity index (χ3n) is 7.75. The lowest BCUT2D eigenvalue weighted by atomic mass is 9.47. The Bertz CT molecular complexity index is 1060. The third-order valence-corrected chi connectivity index (χ3v) is 8.56. The molecule has 5 fully saturated rings. The molecule has 38 heavy (non-hydrogen) atoms. The van der Waals surface area contributed by atoms with E-state index in [2.05, 4.69) is 4.74 Å². The fourth-order valence-electron chi connectivity index (χ4n) is 6.16. The minimum atomic E-state index is -6.10. The molecule has 1 heterocycles. The lowest BCUT2D eigenvalue weighted by Crippen LogP contribution is -2.69. The average molecular weight is 590 g/mol. The quantitative estimate of drug-likeness (QED) is 0.215. The largest absolute Gasteiger partial charge is 0.465 e. The molecule has 1 saturated heterocycles. The Morgan fingerprint density at radius 3 is 1.82 bits per heavy atom. The van der Waals surface area contributed by atoms with Crippen LogP contribution in [-0.2, 0) is 38.7 Å². The van der Waals surface area contributed by atoms with Crippen molar-refractivity contribution in [2.45, 2.75) is 60.9 Å². The molecule has 2 atom stereocenters. The van der Waals surface area contributed by atoms with E-state index in [9.17, 15) is 53.1 Å². The molecule has 218 valence electrons. The van der Waals surface area contributed by atoms with Gasteiger partial charge in [-0.3, -0.25) is 9.35 Å². The third kappa shape index (κ3) is 4.34. The molecular formula is C20H22F8O9S. The molecule has 0 aromatic carbocycles. The second kappa shape index (κ2) is 8.86. The molecule has 0 amide bonds. The summed E-state index contributed by atoms with van der Waals surface area (Å²) >= 11 is 0. The number of hydrogen-bond donors (Lipinski definition) is 1. The van der Waals surface area contributed by atoms with Gasteiger partial charge >= 0.3 is 45.1 Å². The summed E-state index contributed by atoms with van der Waals surface area (Å²) in [6.07, 6.45) is 0.336. The number of ether oxygens (including phenoxy) is 4. The monoisotopic (exact) mass is 590 g/mol. The second-order valence-corrected chi connectivity index (χ2v) is 11.6. The van der Waals surface area contributed by atoms with Crippen molar-refractivity contribution < 1.29 is 76.6 Å². The van der Waals surface area contributed by atoms with Crippen LogP contribution in [0.3, 0.4) is 0 Å². The molecule has 4 saturated carbocycles. The van der Waals surface area contributed by atoms with Crippen LogP contribution in [0, 0.1) is 23.2 Å². The lowest BCUT2D eigenvalue weighted by molar-refractivity contribution is -0.422. The van der Waals surface area contributed by atoms with Crippen molar-refractivity contribution in [3.05, 3.63) is 0 Å². The molecule has 2 unspecified atom stereocenters. The second-order valence-electron chi connectivity index (χ2n) is 10.2. The van der Waals surface area contributed by atoms with E-state index in [0.29, 0.717) is 0 Å². The minimum Gasteiger partial charge on any atom is -0.462 e. The molecule has 5 aliphatic rings. The fraction of sp³-hybridized carbons (Fsp3) is 0.900. The van der Waals surface area contributed by atoms with Gasteiger partial charge in [0.2, 0.25) is 0 Å². The first-order valence-electron chi connectivity index (χ1n) is 11.3. The molecule has 18 heteroatoms. The van der Waals surface area contributed by atoms with Crippen LogP contribution < -0.4 is 0 Å². The normalized spacial score (nSPS) is 34.8. The fourth-order valence-corrected chi connectivity index (χ4v) is 6.43. The maximum absolute atomic E-state index is 14.1. The first-order chi connectivity index (χ1) is 17.2. The van der Waals surface area contributed by atoms with Crippen molar-refractivity contribution in [1.82, 2.24) is 0 Å². The number of halogens is 8. The molecule has 0 radical (unpaired) electrons. The van der Waals surface area contributed by atoms with Gasteiger partial charge in [0.05, 0.1) is 5.41 Å². The van der Waals surface area contributed by atoms with E-state index in [-0.39, 0.29) is 38.0 Å². The van der Waals surface area contributed by atoms with Crippen molar-refractivity contribution >= 4 is 22.1 Å². The highest BCUT2D eigenvalue weighted by Crippen LogP contribution is 2.66. The van der Waals surface area contributed by atoms with Crippen molar-refractivity contribution in [1.29, 1.82) is 0 Å². The molecule has 9 nitrogen and oxygen atoms in total. The van der Waals surface area contributed by atoms with Crippen LogP contribution in [0.4, 0.5) is 35.1 Å². The Hall–Kier alpha value is -1.79. The summed E-state index contributed by atoms with van der Waals surface area (Å²) in [6, 6.07) is 0. The summed E-state index contributed by atoms with van der Waals surface area (Å²) in [5.74, 6) is -23.8. The van der Waals surface area contributed by atoms with Crippen LogP contribution in [0.1, 0.15) is 32.1 Å². The predicted molar refractivity (Wildman–Crippen MR) is 104 cm³/mol. The Morgan fingerprint density at radius 1 is 0.868 bits per heavy atom. The highest BCUT2D eigenvalue weighted by atomic mass is 32.2. The molecule has 1 N–H and O–H groups in total. The molecule has 1 spiro atoms. The summed E-state index contributed by atoms with van der Waals surface area (Å²) in [6.45, 7) is -5.87. The van der Waals surface area contributed by atoms with Crippen LogP contribution in [0.25, 0.3) is 0 Å². The number of carbonyl (C=O) groups is 2. The summed E-state index contributed by atoms with van der Waals surface area (Å²) in [7, 11) is -6.10. The Morgan fingerprint density at radius 2 is 1.34 bits per heavy atom. The maximum atomic E-state index is 14.1. The molecule has 5 rings (SSSR count). The van der Waals surface area contributed by atoms with Gasteiger partial charge in [0.15, 0.2) is 5.79 Å². The van der Waals surface area contributed by atoms with Crippen molar-refractivity contribution in [3.8, 4) is 0 Å². The molecular weight excluding hydrogens is 568 g/mol. The lowest BCUT2D eigenvalue weighted by Gasteiger charge is -2.63. The number of esters is 2.